The molecule has 0 saturated heterocycles. The number of methoxy groups -OCH3 is 2. The summed E-state index contributed by atoms with van der Waals surface area (Å²) in [6.07, 6.45) is 9.47. The highest BCUT2D eigenvalue weighted by atomic mass is 16.5. The van der Waals surface area contributed by atoms with E-state index in [1.165, 1.54) is 11.1 Å². The van der Waals surface area contributed by atoms with Gasteiger partial charge in [-0.2, -0.15) is 0 Å². The SMILES string of the molecule is COCC1=C(COC)C=CCC=C1. The fraction of sp³-hybridized carbons (Fsp3) is 0.455. The molecule has 72 valence electrons. The fourth-order valence-electron chi connectivity index (χ4n) is 1.31. The molecule has 0 saturated carbocycles. The Bertz CT molecular complexity index is 212. The predicted octanol–water partition coefficient (Wildman–Crippen LogP) is 2.09. The summed E-state index contributed by atoms with van der Waals surface area (Å²) >= 11 is 0. The highest BCUT2D eigenvalue weighted by molar-refractivity contribution is 5.36. The average Bonchev–Trinajstić information content (AvgIpc) is 2.33. The fourth-order valence-corrected chi connectivity index (χ4v) is 1.31. The molecule has 0 N–H and O–H groups in total. The van der Waals surface area contributed by atoms with Gasteiger partial charge in [0.05, 0.1) is 13.2 Å². The Morgan fingerprint density at radius 1 is 1.00 bits per heavy atom. The summed E-state index contributed by atoms with van der Waals surface area (Å²) < 4.78 is 10.2. The van der Waals surface area contributed by atoms with E-state index in [-0.39, 0.29) is 0 Å². The van der Waals surface area contributed by atoms with Crippen molar-refractivity contribution in [3.63, 3.8) is 0 Å². The van der Waals surface area contributed by atoms with Crippen LogP contribution in [0.2, 0.25) is 0 Å². The van der Waals surface area contributed by atoms with Gasteiger partial charge in [-0.25, -0.2) is 0 Å². The van der Waals surface area contributed by atoms with Gasteiger partial charge in [0.15, 0.2) is 0 Å². The highest BCUT2D eigenvalue weighted by Crippen LogP contribution is 2.13. The highest BCUT2D eigenvalue weighted by Gasteiger charge is 2.02. The summed E-state index contributed by atoms with van der Waals surface area (Å²) in [4.78, 5) is 0. The molecular weight excluding hydrogens is 164 g/mol. The third kappa shape index (κ3) is 3.17. The second-order valence-electron chi connectivity index (χ2n) is 2.96. The standard InChI is InChI=1S/C11H16O2/c1-12-8-10-6-4-3-5-7-11(10)9-13-2/h4-7H,3,8-9H2,1-2H3. The molecule has 0 aromatic heterocycles. The predicted molar refractivity (Wildman–Crippen MR) is 53.7 cm³/mol. The topological polar surface area (TPSA) is 18.5 Å². The van der Waals surface area contributed by atoms with E-state index in [4.69, 9.17) is 9.47 Å². The molecule has 0 atom stereocenters. The largest absolute Gasteiger partial charge is 0.380 e. The van der Waals surface area contributed by atoms with Crippen molar-refractivity contribution in [1.29, 1.82) is 0 Å². The van der Waals surface area contributed by atoms with Gasteiger partial charge in [0.1, 0.15) is 0 Å². The van der Waals surface area contributed by atoms with Gasteiger partial charge >= 0.3 is 0 Å². The lowest BCUT2D eigenvalue weighted by atomic mass is 10.1. The molecule has 2 heteroatoms. The number of ether oxygens (including phenoxy) is 2. The molecule has 0 bridgehead atoms. The molecule has 2 nitrogen and oxygen atoms in total. The van der Waals surface area contributed by atoms with Crippen LogP contribution >= 0.6 is 0 Å². The zero-order valence-corrected chi connectivity index (χ0v) is 8.25. The van der Waals surface area contributed by atoms with Crippen LogP contribution in [0.25, 0.3) is 0 Å². The maximum Gasteiger partial charge on any atom is 0.0716 e. The van der Waals surface area contributed by atoms with Crippen LogP contribution in [0, 0.1) is 0 Å². The van der Waals surface area contributed by atoms with Crippen molar-refractivity contribution in [3.8, 4) is 0 Å². The molecular formula is C11H16O2. The van der Waals surface area contributed by atoms with Gasteiger partial charge in [-0.3, -0.25) is 0 Å². The molecule has 1 aliphatic rings. The first-order valence-corrected chi connectivity index (χ1v) is 4.41. The lowest BCUT2D eigenvalue weighted by Gasteiger charge is -2.06. The van der Waals surface area contributed by atoms with E-state index in [9.17, 15) is 0 Å². The van der Waals surface area contributed by atoms with Crippen LogP contribution < -0.4 is 0 Å². The quantitative estimate of drug-likeness (QED) is 0.659. The van der Waals surface area contributed by atoms with E-state index >= 15 is 0 Å². The number of allylic oxidation sites excluding steroid dienone is 2. The van der Waals surface area contributed by atoms with Crippen molar-refractivity contribution in [1.82, 2.24) is 0 Å². The first-order valence-electron chi connectivity index (χ1n) is 4.41. The number of rotatable bonds is 4. The van der Waals surface area contributed by atoms with Crippen LogP contribution in [0.4, 0.5) is 0 Å². The third-order valence-electron chi connectivity index (χ3n) is 1.92. The van der Waals surface area contributed by atoms with Gasteiger partial charge in [-0.1, -0.05) is 24.3 Å². The Hall–Kier alpha value is -0.860. The second-order valence-corrected chi connectivity index (χ2v) is 2.96. The molecule has 0 aliphatic heterocycles. The lowest BCUT2D eigenvalue weighted by molar-refractivity contribution is 0.215. The molecule has 0 spiro atoms. The maximum atomic E-state index is 5.11. The van der Waals surface area contributed by atoms with Gasteiger partial charge in [-0.15, -0.1) is 0 Å². The monoisotopic (exact) mass is 180 g/mol. The summed E-state index contributed by atoms with van der Waals surface area (Å²) in [5.74, 6) is 0. The third-order valence-corrected chi connectivity index (χ3v) is 1.92. The van der Waals surface area contributed by atoms with E-state index < -0.39 is 0 Å². The first-order chi connectivity index (χ1) is 6.38. The Morgan fingerprint density at radius 2 is 1.46 bits per heavy atom. The molecule has 0 heterocycles. The van der Waals surface area contributed by atoms with E-state index in [0.29, 0.717) is 13.2 Å². The summed E-state index contributed by atoms with van der Waals surface area (Å²) in [6.45, 7) is 1.30. The van der Waals surface area contributed by atoms with Crippen LogP contribution in [0.15, 0.2) is 35.5 Å². The minimum absolute atomic E-state index is 0.652. The second kappa shape index (κ2) is 5.73. The van der Waals surface area contributed by atoms with E-state index in [1.54, 1.807) is 14.2 Å². The zero-order chi connectivity index (χ0) is 9.52. The Balaban J connectivity index is 2.79. The van der Waals surface area contributed by atoms with Crippen LogP contribution in [-0.4, -0.2) is 27.4 Å². The van der Waals surface area contributed by atoms with E-state index in [1.807, 2.05) is 0 Å². The minimum Gasteiger partial charge on any atom is -0.380 e. The summed E-state index contributed by atoms with van der Waals surface area (Å²) in [5.41, 5.74) is 2.41. The summed E-state index contributed by atoms with van der Waals surface area (Å²) in [5, 5.41) is 0. The molecule has 1 rings (SSSR count). The normalized spacial score (nSPS) is 16.5. The van der Waals surface area contributed by atoms with Crippen molar-refractivity contribution >= 4 is 0 Å². The van der Waals surface area contributed by atoms with Crippen molar-refractivity contribution in [2.24, 2.45) is 0 Å². The zero-order valence-electron chi connectivity index (χ0n) is 8.25. The molecule has 13 heavy (non-hydrogen) atoms. The van der Waals surface area contributed by atoms with E-state index in [0.717, 1.165) is 6.42 Å². The molecule has 0 unspecified atom stereocenters. The first kappa shape index (κ1) is 10.2. The van der Waals surface area contributed by atoms with Crippen LogP contribution in [0.1, 0.15) is 6.42 Å². The Kier molecular flexibility index (Phi) is 4.50. The minimum atomic E-state index is 0.652. The molecule has 0 fully saturated rings. The number of hydrogen-bond donors (Lipinski definition) is 0. The van der Waals surface area contributed by atoms with Crippen LogP contribution in [0.5, 0.6) is 0 Å². The molecule has 0 aromatic rings. The van der Waals surface area contributed by atoms with Gasteiger partial charge in [0.25, 0.3) is 0 Å². The molecule has 0 amide bonds. The van der Waals surface area contributed by atoms with Gasteiger partial charge in [0.2, 0.25) is 0 Å². The van der Waals surface area contributed by atoms with Crippen molar-refractivity contribution in [3.05, 3.63) is 35.5 Å². The molecule has 1 aliphatic carbocycles. The maximum absolute atomic E-state index is 5.11. The Morgan fingerprint density at radius 3 is 1.85 bits per heavy atom. The van der Waals surface area contributed by atoms with Crippen molar-refractivity contribution in [2.75, 3.05) is 27.4 Å². The van der Waals surface area contributed by atoms with Crippen LogP contribution in [-0.2, 0) is 9.47 Å². The summed E-state index contributed by atoms with van der Waals surface area (Å²) in [7, 11) is 3.42. The Labute approximate surface area is 79.5 Å². The average molecular weight is 180 g/mol. The molecule has 0 radical (unpaired) electrons. The van der Waals surface area contributed by atoms with Gasteiger partial charge in [0, 0.05) is 14.2 Å². The van der Waals surface area contributed by atoms with Gasteiger partial charge in [-0.05, 0) is 17.6 Å². The lowest BCUT2D eigenvalue weighted by Crippen LogP contribution is -2.00. The van der Waals surface area contributed by atoms with Crippen LogP contribution in [0.3, 0.4) is 0 Å². The number of hydrogen-bond acceptors (Lipinski definition) is 2. The smallest absolute Gasteiger partial charge is 0.0716 e. The van der Waals surface area contributed by atoms with Crippen molar-refractivity contribution in [2.45, 2.75) is 6.42 Å². The van der Waals surface area contributed by atoms with E-state index in [2.05, 4.69) is 24.3 Å². The van der Waals surface area contributed by atoms with Gasteiger partial charge < -0.3 is 9.47 Å². The summed E-state index contributed by atoms with van der Waals surface area (Å²) in [6, 6.07) is 0. The molecule has 0 aromatic carbocycles. The van der Waals surface area contributed by atoms with Crippen molar-refractivity contribution < 1.29 is 9.47 Å².